The number of halogens is 3. The zero-order valence-corrected chi connectivity index (χ0v) is 16.8. The summed E-state index contributed by atoms with van der Waals surface area (Å²) in [5.41, 5.74) is 1.56. The number of rotatable bonds is 5. The lowest BCUT2D eigenvalue weighted by Crippen LogP contribution is -2.38. The number of alkyl halides is 3. The number of likely N-dealkylation sites (tertiary alicyclic amines) is 1. The molecule has 1 aromatic carbocycles. The van der Waals surface area contributed by atoms with Crippen molar-refractivity contribution in [3.05, 3.63) is 59.7 Å². The van der Waals surface area contributed by atoms with Crippen LogP contribution in [0.3, 0.4) is 0 Å². The summed E-state index contributed by atoms with van der Waals surface area (Å²) in [4.78, 5) is 27.7. The number of aromatic nitrogens is 5. The molecule has 1 aliphatic rings. The molecule has 32 heavy (non-hydrogen) atoms. The fraction of sp³-hybridized carbons (Fsp3) is 0.350. The van der Waals surface area contributed by atoms with Gasteiger partial charge in [-0.1, -0.05) is 18.2 Å². The van der Waals surface area contributed by atoms with Gasteiger partial charge in [0.2, 0.25) is 0 Å². The summed E-state index contributed by atoms with van der Waals surface area (Å²) in [5.74, 6) is -1.10. The van der Waals surface area contributed by atoms with Gasteiger partial charge in [-0.3, -0.25) is 14.7 Å². The number of hydrogen-bond donors (Lipinski definition) is 2. The Hall–Kier alpha value is -3.70. The minimum atomic E-state index is -4.49. The number of aromatic amines is 1. The molecule has 2 amide bonds. The number of nitrogens with zero attached hydrogens (tertiary/aromatic N) is 5. The van der Waals surface area contributed by atoms with Crippen LogP contribution < -0.4 is 5.32 Å². The Morgan fingerprint density at radius 2 is 1.84 bits per heavy atom. The van der Waals surface area contributed by atoms with Gasteiger partial charge in [0.15, 0.2) is 5.69 Å². The van der Waals surface area contributed by atoms with Crippen LogP contribution in [-0.4, -0.2) is 67.7 Å². The number of carbonyl (C=O) groups is 2. The third-order valence-corrected chi connectivity index (χ3v) is 5.20. The van der Waals surface area contributed by atoms with E-state index in [1.165, 1.54) is 17.1 Å². The van der Waals surface area contributed by atoms with Crippen molar-refractivity contribution in [3.8, 4) is 5.69 Å². The van der Waals surface area contributed by atoms with Gasteiger partial charge < -0.3 is 10.2 Å². The number of hydrogen-bond acceptors (Lipinski definition) is 5. The molecule has 3 heterocycles. The quantitative estimate of drug-likeness (QED) is 0.624. The molecule has 0 spiro atoms. The molecule has 2 aromatic heterocycles. The number of para-hydroxylation sites is 1. The first-order valence-electron chi connectivity index (χ1n) is 9.97. The highest BCUT2D eigenvalue weighted by molar-refractivity contribution is 5.92. The largest absolute Gasteiger partial charge is 0.405 e. The fourth-order valence-electron chi connectivity index (χ4n) is 3.54. The molecule has 168 valence electrons. The Morgan fingerprint density at radius 1 is 1.12 bits per heavy atom. The van der Waals surface area contributed by atoms with Crippen LogP contribution >= 0.6 is 0 Å². The smallest absolute Gasteiger partial charge is 0.342 e. The van der Waals surface area contributed by atoms with Gasteiger partial charge in [0.05, 0.1) is 11.9 Å². The van der Waals surface area contributed by atoms with Crippen LogP contribution in [-0.2, 0) is 0 Å². The van der Waals surface area contributed by atoms with Gasteiger partial charge in [0, 0.05) is 24.7 Å². The molecule has 9 nitrogen and oxygen atoms in total. The first-order valence-corrected chi connectivity index (χ1v) is 9.97. The number of piperidine rings is 1. The summed E-state index contributed by atoms with van der Waals surface area (Å²) >= 11 is 0. The summed E-state index contributed by atoms with van der Waals surface area (Å²) in [6, 6.07) is 10.7. The molecule has 0 aliphatic carbocycles. The van der Waals surface area contributed by atoms with Crippen molar-refractivity contribution in [2.24, 2.45) is 0 Å². The van der Waals surface area contributed by atoms with Gasteiger partial charge in [0.25, 0.3) is 11.8 Å². The predicted molar refractivity (Wildman–Crippen MR) is 106 cm³/mol. The van der Waals surface area contributed by atoms with Crippen molar-refractivity contribution >= 4 is 11.8 Å². The molecule has 0 saturated carbocycles. The van der Waals surface area contributed by atoms with E-state index in [0.29, 0.717) is 31.6 Å². The van der Waals surface area contributed by atoms with Crippen LogP contribution in [0.15, 0.2) is 42.6 Å². The van der Waals surface area contributed by atoms with E-state index in [0.717, 1.165) is 5.69 Å². The molecular formula is C20H20F3N7O2. The third-order valence-electron chi connectivity index (χ3n) is 5.20. The lowest BCUT2D eigenvalue weighted by Gasteiger charge is -2.30. The van der Waals surface area contributed by atoms with E-state index in [9.17, 15) is 22.8 Å². The van der Waals surface area contributed by atoms with Crippen molar-refractivity contribution in [2.75, 3.05) is 19.6 Å². The minimum absolute atomic E-state index is 0.00992. The number of carbonyl (C=O) groups excluding carboxylic acids is 2. The SMILES string of the molecule is O=C(NCC(F)(F)F)c1cc(C2CCN(C(=O)c3cnn(-c4ccccc4)n3)CC2)[nH]n1. The normalized spacial score (nSPS) is 15.0. The first kappa shape index (κ1) is 21.5. The Balaban J connectivity index is 1.33. The summed E-state index contributed by atoms with van der Waals surface area (Å²) in [6.45, 7) is -0.476. The highest BCUT2D eigenvalue weighted by atomic mass is 19.4. The molecule has 4 rings (SSSR count). The number of nitrogens with one attached hydrogen (secondary N) is 2. The maximum atomic E-state index is 12.8. The van der Waals surface area contributed by atoms with E-state index in [-0.39, 0.29) is 23.2 Å². The van der Waals surface area contributed by atoms with Crippen LogP contribution in [0.1, 0.15) is 45.4 Å². The van der Waals surface area contributed by atoms with Crippen LogP contribution in [0.2, 0.25) is 0 Å². The van der Waals surface area contributed by atoms with E-state index in [1.54, 1.807) is 10.2 Å². The summed E-state index contributed by atoms with van der Waals surface area (Å²) in [6.07, 6.45) is -1.82. The zero-order chi connectivity index (χ0) is 22.7. The molecule has 0 bridgehead atoms. The lowest BCUT2D eigenvalue weighted by atomic mass is 9.93. The van der Waals surface area contributed by atoms with Gasteiger partial charge in [0.1, 0.15) is 12.2 Å². The van der Waals surface area contributed by atoms with Gasteiger partial charge in [-0.05, 0) is 31.0 Å². The van der Waals surface area contributed by atoms with Crippen LogP contribution in [0.4, 0.5) is 13.2 Å². The third kappa shape index (κ3) is 4.95. The maximum Gasteiger partial charge on any atom is 0.405 e. The van der Waals surface area contributed by atoms with E-state index in [2.05, 4.69) is 20.4 Å². The second-order valence-electron chi connectivity index (χ2n) is 7.43. The second kappa shape index (κ2) is 8.81. The highest BCUT2D eigenvalue weighted by Gasteiger charge is 2.30. The van der Waals surface area contributed by atoms with Crippen LogP contribution in [0.5, 0.6) is 0 Å². The predicted octanol–water partition coefficient (Wildman–Crippen LogP) is 2.30. The monoisotopic (exact) mass is 447 g/mol. The zero-order valence-electron chi connectivity index (χ0n) is 16.8. The van der Waals surface area contributed by atoms with Crippen molar-refractivity contribution < 1.29 is 22.8 Å². The second-order valence-corrected chi connectivity index (χ2v) is 7.43. The van der Waals surface area contributed by atoms with Gasteiger partial charge >= 0.3 is 6.18 Å². The van der Waals surface area contributed by atoms with Crippen LogP contribution in [0, 0.1) is 0 Å². The molecule has 3 aromatic rings. The van der Waals surface area contributed by atoms with E-state index in [1.807, 2.05) is 30.3 Å². The van der Waals surface area contributed by atoms with Gasteiger partial charge in [-0.2, -0.15) is 28.2 Å². The number of H-pyrrole nitrogens is 1. The molecule has 12 heteroatoms. The summed E-state index contributed by atoms with van der Waals surface area (Å²) in [5, 5.41) is 16.8. The van der Waals surface area contributed by atoms with E-state index in [4.69, 9.17) is 0 Å². The molecule has 0 atom stereocenters. The molecular weight excluding hydrogens is 427 g/mol. The van der Waals surface area contributed by atoms with E-state index < -0.39 is 18.6 Å². The molecule has 1 fully saturated rings. The molecule has 1 aliphatic heterocycles. The Bertz CT molecular complexity index is 1090. The topological polar surface area (TPSA) is 109 Å². The average molecular weight is 447 g/mol. The molecule has 0 unspecified atom stereocenters. The number of benzene rings is 1. The van der Waals surface area contributed by atoms with Gasteiger partial charge in [-0.25, -0.2) is 0 Å². The molecule has 2 N–H and O–H groups in total. The fourth-order valence-corrected chi connectivity index (χ4v) is 3.54. The van der Waals surface area contributed by atoms with Crippen molar-refractivity contribution in [3.63, 3.8) is 0 Å². The van der Waals surface area contributed by atoms with Gasteiger partial charge in [-0.15, -0.1) is 5.10 Å². The summed E-state index contributed by atoms with van der Waals surface area (Å²) < 4.78 is 36.8. The van der Waals surface area contributed by atoms with Crippen molar-refractivity contribution in [2.45, 2.75) is 24.9 Å². The standard InChI is InChI=1S/C20H20F3N7O2/c21-20(22,23)12-24-18(31)16-10-15(26-27-16)13-6-8-29(9-7-13)19(32)17-11-25-30(28-17)14-4-2-1-3-5-14/h1-5,10-11,13H,6-9,12H2,(H,24,31)(H,26,27). The lowest BCUT2D eigenvalue weighted by molar-refractivity contribution is -0.123. The number of amides is 2. The Labute approximate surface area is 180 Å². The Kier molecular flexibility index (Phi) is 5.93. The highest BCUT2D eigenvalue weighted by Crippen LogP contribution is 2.27. The molecule has 0 radical (unpaired) electrons. The summed E-state index contributed by atoms with van der Waals surface area (Å²) in [7, 11) is 0. The van der Waals surface area contributed by atoms with Crippen molar-refractivity contribution in [1.82, 2.24) is 35.4 Å². The minimum Gasteiger partial charge on any atom is -0.342 e. The van der Waals surface area contributed by atoms with E-state index >= 15 is 0 Å². The Morgan fingerprint density at radius 3 is 2.53 bits per heavy atom. The molecule has 1 saturated heterocycles. The van der Waals surface area contributed by atoms with Crippen molar-refractivity contribution in [1.29, 1.82) is 0 Å². The average Bonchev–Trinajstić information content (AvgIpc) is 3.48. The maximum absolute atomic E-state index is 12.8. The first-order chi connectivity index (χ1) is 15.3. The van der Waals surface area contributed by atoms with Crippen LogP contribution in [0.25, 0.3) is 5.69 Å².